The summed E-state index contributed by atoms with van der Waals surface area (Å²) in [4.78, 5) is 21.2. The first-order chi connectivity index (χ1) is 13.2. The molecule has 0 radical (unpaired) electrons. The van der Waals surface area contributed by atoms with Crippen LogP contribution in [0.1, 0.15) is 20.3 Å². The summed E-state index contributed by atoms with van der Waals surface area (Å²) in [7, 11) is 0. The van der Waals surface area contributed by atoms with Crippen LogP contribution in [-0.4, -0.2) is 75.8 Å². The highest BCUT2D eigenvalue weighted by molar-refractivity contribution is 14.0. The molecule has 0 aliphatic carbocycles. The number of rotatable bonds is 9. The van der Waals surface area contributed by atoms with E-state index < -0.39 is 0 Å². The molecule has 28 heavy (non-hydrogen) atoms. The fourth-order valence-electron chi connectivity index (χ4n) is 3.01. The summed E-state index contributed by atoms with van der Waals surface area (Å²) in [5.41, 5.74) is 1.23. The average molecular weight is 503 g/mol. The van der Waals surface area contributed by atoms with Crippen LogP contribution in [0.25, 0.3) is 0 Å². The summed E-state index contributed by atoms with van der Waals surface area (Å²) in [6.07, 6.45) is 0.473. The van der Waals surface area contributed by atoms with Gasteiger partial charge in [0, 0.05) is 58.0 Å². The lowest BCUT2D eigenvalue weighted by molar-refractivity contribution is -0.131. The summed E-state index contributed by atoms with van der Waals surface area (Å²) in [5, 5.41) is 6.42. The first-order valence-corrected chi connectivity index (χ1v) is 9.92. The fourth-order valence-corrected chi connectivity index (χ4v) is 3.01. The summed E-state index contributed by atoms with van der Waals surface area (Å²) >= 11 is 0. The van der Waals surface area contributed by atoms with Crippen LogP contribution < -0.4 is 15.5 Å². The van der Waals surface area contributed by atoms with Crippen molar-refractivity contribution in [1.29, 1.82) is 0 Å². The number of amides is 1. The zero-order chi connectivity index (χ0) is 19.3. The van der Waals surface area contributed by atoms with Gasteiger partial charge in [-0.25, -0.2) is 0 Å². The number of piperazine rings is 1. The number of carbonyl (C=O) groups excluding carboxylic acids is 1. The van der Waals surface area contributed by atoms with Crippen LogP contribution in [0.4, 0.5) is 5.69 Å². The molecule has 1 aliphatic heterocycles. The first kappa shape index (κ1) is 24.5. The first-order valence-electron chi connectivity index (χ1n) is 9.92. The van der Waals surface area contributed by atoms with Crippen molar-refractivity contribution in [3.05, 3.63) is 30.3 Å². The number of guanidine groups is 1. The number of hydrogen-bond donors (Lipinski definition) is 2. The molecule has 0 unspecified atom stereocenters. The minimum absolute atomic E-state index is 0. The third kappa shape index (κ3) is 8.64. The van der Waals surface area contributed by atoms with Gasteiger partial charge in [0.2, 0.25) is 5.91 Å². The molecule has 1 saturated heterocycles. The molecule has 1 amide bonds. The Hall–Kier alpha value is -1.55. The number of anilines is 1. The summed E-state index contributed by atoms with van der Waals surface area (Å²) in [6.45, 7) is 10.6. The fraction of sp³-hybridized carbons (Fsp3) is 0.600. The molecule has 2 N–H and O–H groups in total. The third-order valence-electron chi connectivity index (χ3n) is 4.44. The molecular formula is C20H34IN5O2. The maximum Gasteiger partial charge on any atom is 0.224 e. The monoisotopic (exact) mass is 503 g/mol. The molecule has 158 valence electrons. The summed E-state index contributed by atoms with van der Waals surface area (Å²) in [5.74, 6) is 0.930. The molecule has 1 aromatic rings. The van der Waals surface area contributed by atoms with Gasteiger partial charge in [-0.2, -0.15) is 0 Å². The molecular weight excluding hydrogens is 469 g/mol. The predicted molar refractivity (Wildman–Crippen MR) is 126 cm³/mol. The van der Waals surface area contributed by atoms with Gasteiger partial charge in [-0.1, -0.05) is 18.2 Å². The SMILES string of the molecule is CCNC(=NCCOCC)NCCC(=O)N1CCN(c2ccccc2)CC1.I. The van der Waals surface area contributed by atoms with Crippen LogP contribution in [0.3, 0.4) is 0 Å². The van der Waals surface area contributed by atoms with Crippen LogP contribution in [0.15, 0.2) is 35.3 Å². The number of nitrogens with zero attached hydrogens (tertiary/aromatic N) is 3. The molecule has 0 saturated carbocycles. The van der Waals surface area contributed by atoms with Crippen molar-refractivity contribution in [2.45, 2.75) is 20.3 Å². The zero-order valence-corrected chi connectivity index (χ0v) is 19.4. The normalized spacial score (nSPS) is 14.4. The quantitative estimate of drug-likeness (QED) is 0.233. The number of carbonyl (C=O) groups is 1. The van der Waals surface area contributed by atoms with E-state index >= 15 is 0 Å². The highest BCUT2D eigenvalue weighted by Crippen LogP contribution is 2.15. The van der Waals surface area contributed by atoms with Gasteiger partial charge in [-0.05, 0) is 26.0 Å². The van der Waals surface area contributed by atoms with Gasteiger partial charge in [0.25, 0.3) is 0 Å². The van der Waals surface area contributed by atoms with Crippen molar-refractivity contribution < 1.29 is 9.53 Å². The van der Waals surface area contributed by atoms with Crippen molar-refractivity contribution in [2.24, 2.45) is 4.99 Å². The van der Waals surface area contributed by atoms with E-state index in [1.54, 1.807) is 0 Å². The van der Waals surface area contributed by atoms with Crippen LogP contribution in [0.2, 0.25) is 0 Å². The largest absolute Gasteiger partial charge is 0.380 e. The Morgan fingerprint density at radius 1 is 1.11 bits per heavy atom. The lowest BCUT2D eigenvalue weighted by atomic mass is 10.2. The smallest absolute Gasteiger partial charge is 0.224 e. The summed E-state index contributed by atoms with van der Waals surface area (Å²) < 4.78 is 5.30. The van der Waals surface area contributed by atoms with Crippen LogP contribution in [-0.2, 0) is 9.53 Å². The highest BCUT2D eigenvalue weighted by atomic mass is 127. The number of aliphatic imine (C=N–C) groups is 1. The average Bonchev–Trinajstić information content (AvgIpc) is 2.72. The highest BCUT2D eigenvalue weighted by Gasteiger charge is 2.20. The van der Waals surface area contributed by atoms with Gasteiger partial charge in [0.1, 0.15) is 0 Å². The van der Waals surface area contributed by atoms with Crippen molar-refractivity contribution in [2.75, 3.05) is 63.9 Å². The van der Waals surface area contributed by atoms with Gasteiger partial charge in [-0.15, -0.1) is 24.0 Å². The molecule has 0 aromatic heterocycles. The Balaban J connectivity index is 0.00000392. The van der Waals surface area contributed by atoms with Crippen LogP contribution in [0.5, 0.6) is 0 Å². The maximum atomic E-state index is 12.5. The second kappa shape index (κ2) is 14.4. The van der Waals surface area contributed by atoms with Crippen molar-refractivity contribution in [3.63, 3.8) is 0 Å². The summed E-state index contributed by atoms with van der Waals surface area (Å²) in [6, 6.07) is 10.4. The number of nitrogens with one attached hydrogen (secondary N) is 2. The van der Waals surface area contributed by atoms with Gasteiger partial charge in [0.15, 0.2) is 5.96 Å². The van der Waals surface area contributed by atoms with E-state index in [0.29, 0.717) is 32.7 Å². The van der Waals surface area contributed by atoms with Gasteiger partial charge in [0.05, 0.1) is 13.2 Å². The maximum absolute atomic E-state index is 12.5. The third-order valence-corrected chi connectivity index (χ3v) is 4.44. The molecule has 1 heterocycles. The molecule has 0 bridgehead atoms. The Bertz CT molecular complexity index is 577. The number of ether oxygens (including phenoxy) is 1. The number of halogens is 1. The van der Waals surface area contributed by atoms with E-state index in [4.69, 9.17) is 4.74 Å². The van der Waals surface area contributed by atoms with Crippen molar-refractivity contribution >= 4 is 41.5 Å². The van der Waals surface area contributed by atoms with Gasteiger partial charge in [-0.3, -0.25) is 9.79 Å². The molecule has 2 rings (SSSR count). The minimum Gasteiger partial charge on any atom is -0.380 e. The second-order valence-corrected chi connectivity index (χ2v) is 6.34. The molecule has 1 fully saturated rings. The Morgan fingerprint density at radius 2 is 1.82 bits per heavy atom. The van der Waals surface area contributed by atoms with Gasteiger partial charge >= 0.3 is 0 Å². The van der Waals surface area contributed by atoms with E-state index in [0.717, 1.165) is 38.7 Å². The lowest BCUT2D eigenvalue weighted by Gasteiger charge is -2.36. The molecule has 0 spiro atoms. The number of benzene rings is 1. The number of para-hydroxylation sites is 1. The minimum atomic E-state index is 0. The molecule has 1 aliphatic rings. The van der Waals surface area contributed by atoms with E-state index in [1.807, 2.05) is 24.8 Å². The van der Waals surface area contributed by atoms with E-state index in [-0.39, 0.29) is 29.9 Å². The Kier molecular flexibility index (Phi) is 12.6. The number of hydrogen-bond acceptors (Lipinski definition) is 4. The topological polar surface area (TPSA) is 69.2 Å². The molecule has 7 nitrogen and oxygen atoms in total. The zero-order valence-electron chi connectivity index (χ0n) is 17.0. The van der Waals surface area contributed by atoms with E-state index in [1.165, 1.54) is 5.69 Å². The Morgan fingerprint density at radius 3 is 2.46 bits per heavy atom. The van der Waals surface area contributed by atoms with E-state index in [2.05, 4.69) is 44.8 Å². The predicted octanol–water partition coefficient (Wildman–Crippen LogP) is 1.93. The Labute approximate surface area is 185 Å². The van der Waals surface area contributed by atoms with Crippen molar-refractivity contribution in [3.8, 4) is 0 Å². The molecule has 0 atom stereocenters. The van der Waals surface area contributed by atoms with Gasteiger partial charge < -0.3 is 25.2 Å². The van der Waals surface area contributed by atoms with Crippen LogP contribution in [0, 0.1) is 0 Å². The van der Waals surface area contributed by atoms with E-state index in [9.17, 15) is 4.79 Å². The molecule has 8 heteroatoms. The van der Waals surface area contributed by atoms with Crippen LogP contribution >= 0.6 is 24.0 Å². The standard InChI is InChI=1S/C20H33N5O2.HI/c1-3-21-20(23-12-17-27-4-2)22-11-10-19(26)25-15-13-24(14-16-25)18-8-6-5-7-9-18;/h5-9H,3-4,10-17H2,1-2H3,(H2,21,22,23);1H. The van der Waals surface area contributed by atoms with Crippen molar-refractivity contribution in [1.82, 2.24) is 15.5 Å². The lowest BCUT2D eigenvalue weighted by Crippen LogP contribution is -2.49. The molecule has 1 aromatic carbocycles. The second-order valence-electron chi connectivity index (χ2n) is 6.34.